The van der Waals surface area contributed by atoms with Crippen LogP contribution in [0.25, 0.3) is 11.0 Å². The van der Waals surface area contributed by atoms with Gasteiger partial charge in [0.05, 0.1) is 17.4 Å². The number of aromatic nitrogens is 3. The van der Waals surface area contributed by atoms with Gasteiger partial charge in [-0.25, -0.2) is 4.98 Å². The number of carbonyl (C=O) groups is 1. The molecule has 0 aliphatic carbocycles. The number of hydrogen-bond donors (Lipinski definition) is 2. The molecule has 0 saturated carbocycles. The molecule has 0 saturated heterocycles. The van der Waals surface area contributed by atoms with Crippen LogP contribution in [0.4, 0.5) is 0 Å². The second kappa shape index (κ2) is 4.89. The molecule has 0 unspecified atom stereocenters. The molecule has 2 heterocycles. The monoisotopic (exact) mass is 252 g/mol. The molecule has 0 aliphatic rings. The molecule has 1 aromatic carbocycles. The highest BCUT2D eigenvalue weighted by Gasteiger charge is 2.04. The number of rotatable bonds is 3. The quantitative estimate of drug-likeness (QED) is 0.747. The number of aromatic amines is 1. The van der Waals surface area contributed by atoms with E-state index in [9.17, 15) is 4.79 Å². The number of nitrogens with zero attached hydrogens (tertiary/aromatic N) is 2. The Morgan fingerprint density at radius 2 is 2.05 bits per heavy atom. The zero-order valence-electron chi connectivity index (χ0n) is 10.1. The summed E-state index contributed by atoms with van der Waals surface area (Å²) in [5, 5.41) is 2.87. The van der Waals surface area contributed by atoms with Gasteiger partial charge in [-0.3, -0.25) is 9.78 Å². The van der Waals surface area contributed by atoms with E-state index in [1.165, 1.54) is 0 Å². The summed E-state index contributed by atoms with van der Waals surface area (Å²) in [6, 6.07) is 9.24. The second-order valence-electron chi connectivity index (χ2n) is 4.17. The third-order valence-electron chi connectivity index (χ3n) is 2.88. The first-order valence-corrected chi connectivity index (χ1v) is 5.93. The molecular weight excluding hydrogens is 240 g/mol. The largest absolute Gasteiger partial charge is 0.348 e. The number of hydrogen-bond acceptors (Lipinski definition) is 3. The number of benzene rings is 1. The van der Waals surface area contributed by atoms with E-state index in [0.717, 1.165) is 16.6 Å². The lowest BCUT2D eigenvalue weighted by Crippen LogP contribution is -2.22. The lowest BCUT2D eigenvalue weighted by Gasteiger charge is -2.05. The minimum Gasteiger partial charge on any atom is -0.348 e. The number of carbonyl (C=O) groups excluding carboxylic acids is 1. The molecular formula is C14H12N4O. The zero-order chi connectivity index (χ0) is 13.1. The minimum atomic E-state index is -0.105. The lowest BCUT2D eigenvalue weighted by atomic mass is 10.2. The van der Waals surface area contributed by atoms with Gasteiger partial charge in [0.25, 0.3) is 5.91 Å². The van der Waals surface area contributed by atoms with E-state index in [1.807, 2.05) is 18.2 Å². The van der Waals surface area contributed by atoms with Crippen molar-refractivity contribution in [3.63, 3.8) is 0 Å². The second-order valence-corrected chi connectivity index (χ2v) is 4.17. The Labute approximate surface area is 109 Å². The highest BCUT2D eigenvalue weighted by molar-refractivity contribution is 5.93. The van der Waals surface area contributed by atoms with E-state index in [2.05, 4.69) is 20.3 Å². The summed E-state index contributed by atoms with van der Waals surface area (Å²) in [5.74, 6) is -0.105. The summed E-state index contributed by atoms with van der Waals surface area (Å²) in [4.78, 5) is 23.0. The molecule has 0 aliphatic heterocycles. The molecule has 3 aromatic rings. The van der Waals surface area contributed by atoms with Crippen molar-refractivity contribution in [2.45, 2.75) is 6.54 Å². The standard InChI is InChI=1S/C14H12N4O/c19-14(11-3-5-15-6-4-11)16-8-10-1-2-12-13(7-10)18-9-17-12/h1-7,9H,8H2,(H,16,19)(H,17,18). The van der Waals surface area contributed by atoms with Gasteiger partial charge >= 0.3 is 0 Å². The molecule has 0 spiro atoms. The molecule has 0 radical (unpaired) electrons. The molecule has 5 heteroatoms. The molecule has 19 heavy (non-hydrogen) atoms. The summed E-state index contributed by atoms with van der Waals surface area (Å²) in [6.07, 6.45) is 4.86. The highest BCUT2D eigenvalue weighted by atomic mass is 16.1. The van der Waals surface area contributed by atoms with Crippen LogP contribution in [-0.2, 0) is 6.54 Å². The lowest BCUT2D eigenvalue weighted by molar-refractivity contribution is 0.0951. The number of amides is 1. The number of fused-ring (bicyclic) bond motifs is 1. The first-order valence-electron chi connectivity index (χ1n) is 5.93. The average Bonchev–Trinajstić information content (AvgIpc) is 2.93. The van der Waals surface area contributed by atoms with Gasteiger partial charge in [-0.05, 0) is 29.8 Å². The number of imidazole rings is 1. The van der Waals surface area contributed by atoms with Crippen LogP contribution >= 0.6 is 0 Å². The van der Waals surface area contributed by atoms with Crippen molar-refractivity contribution in [2.75, 3.05) is 0 Å². The van der Waals surface area contributed by atoms with Crippen molar-refractivity contribution < 1.29 is 4.79 Å². The molecule has 2 aromatic heterocycles. The Bertz CT molecular complexity index is 706. The summed E-state index contributed by atoms with van der Waals surface area (Å²) in [5.41, 5.74) is 3.52. The van der Waals surface area contributed by atoms with Gasteiger partial charge in [0.15, 0.2) is 0 Å². The maximum Gasteiger partial charge on any atom is 0.251 e. The molecule has 0 fully saturated rings. The zero-order valence-corrected chi connectivity index (χ0v) is 10.1. The highest BCUT2D eigenvalue weighted by Crippen LogP contribution is 2.11. The SMILES string of the molecule is O=C(NCc1ccc2nc[nH]c2c1)c1ccncc1. The van der Waals surface area contributed by atoms with Crippen molar-refractivity contribution in [3.05, 3.63) is 60.2 Å². The van der Waals surface area contributed by atoms with Gasteiger partial charge in [0, 0.05) is 24.5 Å². The Morgan fingerprint density at radius 3 is 2.89 bits per heavy atom. The number of pyridine rings is 1. The van der Waals surface area contributed by atoms with Gasteiger partial charge in [0.1, 0.15) is 0 Å². The predicted molar refractivity (Wildman–Crippen MR) is 71.5 cm³/mol. The maximum atomic E-state index is 11.9. The summed E-state index contributed by atoms with van der Waals surface area (Å²) in [6.45, 7) is 0.482. The van der Waals surface area contributed by atoms with Crippen LogP contribution in [0.1, 0.15) is 15.9 Å². The fourth-order valence-corrected chi connectivity index (χ4v) is 1.88. The van der Waals surface area contributed by atoms with Gasteiger partial charge < -0.3 is 10.3 Å². The van der Waals surface area contributed by atoms with Gasteiger partial charge in [-0.1, -0.05) is 6.07 Å². The van der Waals surface area contributed by atoms with E-state index in [-0.39, 0.29) is 5.91 Å². The summed E-state index contributed by atoms with van der Waals surface area (Å²) in [7, 11) is 0. The minimum absolute atomic E-state index is 0.105. The molecule has 0 bridgehead atoms. The van der Waals surface area contributed by atoms with Gasteiger partial charge in [-0.15, -0.1) is 0 Å². The molecule has 0 atom stereocenters. The van der Waals surface area contributed by atoms with Crippen LogP contribution in [0.2, 0.25) is 0 Å². The molecule has 3 rings (SSSR count). The topological polar surface area (TPSA) is 70.7 Å². The normalized spacial score (nSPS) is 10.5. The van der Waals surface area contributed by atoms with E-state index in [0.29, 0.717) is 12.1 Å². The fourth-order valence-electron chi connectivity index (χ4n) is 1.88. The smallest absolute Gasteiger partial charge is 0.251 e. The Kier molecular flexibility index (Phi) is 2.94. The molecule has 5 nitrogen and oxygen atoms in total. The first-order chi connectivity index (χ1) is 9.33. The first kappa shape index (κ1) is 11.4. The number of H-pyrrole nitrogens is 1. The van der Waals surface area contributed by atoms with E-state index in [1.54, 1.807) is 30.9 Å². The van der Waals surface area contributed by atoms with Crippen molar-refractivity contribution in [2.24, 2.45) is 0 Å². The fraction of sp³-hybridized carbons (Fsp3) is 0.0714. The molecule has 94 valence electrons. The third kappa shape index (κ3) is 2.44. The van der Waals surface area contributed by atoms with Crippen LogP contribution in [0.15, 0.2) is 49.1 Å². The average molecular weight is 252 g/mol. The third-order valence-corrected chi connectivity index (χ3v) is 2.88. The van der Waals surface area contributed by atoms with Gasteiger partial charge in [0.2, 0.25) is 0 Å². The van der Waals surface area contributed by atoms with Crippen molar-refractivity contribution in [1.82, 2.24) is 20.3 Å². The van der Waals surface area contributed by atoms with Crippen LogP contribution in [0.3, 0.4) is 0 Å². The Balaban J connectivity index is 1.70. The van der Waals surface area contributed by atoms with E-state index in [4.69, 9.17) is 0 Å². The van der Waals surface area contributed by atoms with Crippen molar-refractivity contribution in [1.29, 1.82) is 0 Å². The summed E-state index contributed by atoms with van der Waals surface area (Å²) < 4.78 is 0. The van der Waals surface area contributed by atoms with Crippen LogP contribution in [0, 0.1) is 0 Å². The predicted octanol–water partition coefficient (Wildman–Crippen LogP) is 1.89. The Hall–Kier alpha value is -2.69. The van der Waals surface area contributed by atoms with E-state index < -0.39 is 0 Å². The molecule has 2 N–H and O–H groups in total. The maximum absolute atomic E-state index is 11.9. The van der Waals surface area contributed by atoms with Crippen LogP contribution in [-0.4, -0.2) is 20.9 Å². The van der Waals surface area contributed by atoms with E-state index >= 15 is 0 Å². The summed E-state index contributed by atoms with van der Waals surface area (Å²) >= 11 is 0. The van der Waals surface area contributed by atoms with Gasteiger partial charge in [-0.2, -0.15) is 0 Å². The van der Waals surface area contributed by atoms with Crippen LogP contribution in [0.5, 0.6) is 0 Å². The van der Waals surface area contributed by atoms with Crippen LogP contribution < -0.4 is 5.32 Å². The van der Waals surface area contributed by atoms with Crippen molar-refractivity contribution >= 4 is 16.9 Å². The van der Waals surface area contributed by atoms with Crippen molar-refractivity contribution in [3.8, 4) is 0 Å². The molecule has 1 amide bonds. The Morgan fingerprint density at radius 1 is 1.21 bits per heavy atom. The number of nitrogens with one attached hydrogen (secondary N) is 2.